The van der Waals surface area contributed by atoms with Crippen molar-refractivity contribution in [3.05, 3.63) is 169 Å². The Hall–Kier alpha value is -7.85. The third kappa shape index (κ3) is 10.7. The van der Waals surface area contributed by atoms with E-state index in [4.69, 9.17) is 0 Å². The third-order valence-corrected chi connectivity index (χ3v) is 9.15. The van der Waals surface area contributed by atoms with Gasteiger partial charge in [-0.25, -0.2) is 27.4 Å². The maximum absolute atomic E-state index is 13.0. The molecule has 0 aliphatic rings. The van der Waals surface area contributed by atoms with Crippen molar-refractivity contribution in [2.75, 3.05) is 29.6 Å². The number of carbonyl (C=O) groups excluding carboxylic acids is 2. The van der Waals surface area contributed by atoms with E-state index in [-0.39, 0.29) is 5.82 Å². The fourth-order valence-electron chi connectivity index (χ4n) is 5.86. The Kier molecular flexibility index (Phi) is 13.1. The van der Waals surface area contributed by atoms with Crippen LogP contribution in [0.2, 0.25) is 0 Å². The molecular weight excluding hydrogens is 825 g/mol. The normalized spacial score (nSPS) is 11.1. The lowest BCUT2D eigenvalue weighted by atomic mass is 10.0. The summed E-state index contributed by atoms with van der Waals surface area (Å²) >= 11 is 0. The van der Waals surface area contributed by atoms with E-state index in [9.17, 15) is 44.7 Å². The van der Waals surface area contributed by atoms with Crippen LogP contribution in [0.15, 0.2) is 151 Å². The van der Waals surface area contributed by atoms with Crippen molar-refractivity contribution in [2.24, 2.45) is 4.99 Å². The summed E-state index contributed by atoms with van der Waals surface area (Å²) in [5, 5.41) is 14.1. The highest BCUT2D eigenvalue weighted by Gasteiger charge is 2.31. The van der Waals surface area contributed by atoms with Crippen molar-refractivity contribution in [1.82, 2.24) is 19.2 Å². The molecular formula is C44H32F8N8O2. The summed E-state index contributed by atoms with van der Waals surface area (Å²) in [6.45, 7) is 0. The Balaban J connectivity index is 0.000000177. The van der Waals surface area contributed by atoms with Crippen LogP contribution in [0.4, 0.5) is 62.7 Å². The van der Waals surface area contributed by atoms with Gasteiger partial charge < -0.3 is 10.6 Å². The Morgan fingerprint density at radius 1 is 0.645 bits per heavy atom. The second-order valence-electron chi connectivity index (χ2n) is 13.2. The van der Waals surface area contributed by atoms with Gasteiger partial charge in [0.2, 0.25) is 6.08 Å². The summed E-state index contributed by atoms with van der Waals surface area (Å²) in [5.74, 6) is -0.752. The van der Waals surface area contributed by atoms with Gasteiger partial charge in [-0.3, -0.25) is 4.90 Å². The minimum absolute atomic E-state index is 0.343. The Morgan fingerprint density at radius 3 is 1.58 bits per heavy atom. The molecule has 0 aliphatic heterocycles. The topological polar surface area (TPSA) is 108 Å². The number of aliphatic imine (C=N–C) groups is 1. The number of carbonyl (C=O) groups is 1. The van der Waals surface area contributed by atoms with Gasteiger partial charge in [0.15, 0.2) is 0 Å². The minimum Gasteiger partial charge on any atom is -0.388 e. The Bertz CT molecular complexity index is 2830. The van der Waals surface area contributed by atoms with E-state index in [1.165, 1.54) is 83.8 Å². The van der Waals surface area contributed by atoms with Crippen molar-refractivity contribution < 1.29 is 44.7 Å². The number of alkyl halides is 6. The first-order valence-corrected chi connectivity index (χ1v) is 18.2. The van der Waals surface area contributed by atoms with Gasteiger partial charge in [-0.1, -0.05) is 24.3 Å². The number of isocyanates is 1. The standard InChI is InChI=1S/C22H16F4N4O.C15H12F3N3.C7H4FNO/c1-29(21(31)28-17-8-6-16(23)7-9-17)18-10-11-30-20(12-18)19(13-27-30)14-2-4-15(5-3-14)22(24,25)26;1-19-12-6-7-21-14(8-12)13(9-20-21)10-2-4-11(5-3-10)15(16,17)18;8-6-1-3-7(4-2-6)9-5-10/h2-13H,1H3,(H,28,31);2-9,19H,1H3;1-4H. The van der Waals surface area contributed by atoms with Crippen LogP contribution >= 0.6 is 0 Å². The molecule has 0 aliphatic carbocycles. The van der Waals surface area contributed by atoms with Gasteiger partial charge in [-0.05, 0) is 108 Å². The molecule has 2 amide bonds. The molecule has 18 heteroatoms. The second kappa shape index (κ2) is 18.6. The fourth-order valence-corrected chi connectivity index (χ4v) is 5.86. The van der Waals surface area contributed by atoms with Crippen LogP contribution in [0, 0.1) is 11.6 Å². The van der Waals surface area contributed by atoms with Gasteiger partial charge in [-0.2, -0.15) is 41.5 Å². The fraction of sp³-hybridized carbons (Fsp3) is 0.0909. The molecule has 0 saturated carbocycles. The number of halogens is 8. The highest BCUT2D eigenvalue weighted by atomic mass is 19.4. The first kappa shape index (κ1) is 43.7. The molecule has 316 valence electrons. The molecule has 0 unspecified atom stereocenters. The van der Waals surface area contributed by atoms with Gasteiger partial charge in [0.1, 0.15) is 11.6 Å². The smallest absolute Gasteiger partial charge is 0.388 e. The van der Waals surface area contributed by atoms with E-state index in [1.54, 1.807) is 60.0 Å². The molecule has 0 spiro atoms. The predicted octanol–water partition coefficient (Wildman–Crippen LogP) is 11.7. The zero-order chi connectivity index (χ0) is 44.6. The van der Waals surface area contributed by atoms with Gasteiger partial charge >= 0.3 is 18.4 Å². The average Bonchev–Trinajstić information content (AvgIpc) is 3.89. The molecule has 0 radical (unpaired) electrons. The van der Waals surface area contributed by atoms with Crippen molar-refractivity contribution in [2.45, 2.75) is 12.4 Å². The van der Waals surface area contributed by atoms with Crippen LogP contribution in [0.25, 0.3) is 33.3 Å². The SMILES string of the molecule is CN(C(=O)Nc1ccc(F)cc1)c1ccn2ncc(-c3ccc(C(F)(F)F)cc3)c2c1.CNc1ccn2ncc(-c3ccc(C(F)(F)F)cc3)c2c1.O=C=Nc1ccc(F)cc1. The number of anilines is 3. The summed E-state index contributed by atoms with van der Waals surface area (Å²) in [6, 6.07) is 27.3. The van der Waals surface area contributed by atoms with Gasteiger partial charge in [0.25, 0.3) is 0 Å². The monoisotopic (exact) mass is 856 g/mol. The first-order valence-electron chi connectivity index (χ1n) is 18.2. The molecule has 8 rings (SSSR count). The Labute approximate surface area is 347 Å². The highest BCUT2D eigenvalue weighted by molar-refractivity contribution is 6.02. The number of nitrogens with zero attached hydrogens (tertiary/aromatic N) is 6. The van der Waals surface area contributed by atoms with Crippen molar-refractivity contribution in [3.8, 4) is 22.3 Å². The number of amides is 2. The first-order chi connectivity index (χ1) is 29.5. The quantitative estimate of drug-likeness (QED) is 0.0984. The number of pyridine rings is 2. The average molecular weight is 857 g/mol. The highest BCUT2D eigenvalue weighted by Crippen LogP contribution is 2.34. The molecule has 4 aromatic heterocycles. The maximum Gasteiger partial charge on any atom is 0.416 e. The predicted molar refractivity (Wildman–Crippen MR) is 219 cm³/mol. The minimum atomic E-state index is -4.41. The van der Waals surface area contributed by atoms with E-state index in [1.807, 2.05) is 12.1 Å². The van der Waals surface area contributed by atoms with Gasteiger partial charge in [0.05, 0.1) is 40.2 Å². The Morgan fingerprint density at radius 2 is 1.11 bits per heavy atom. The number of nitrogens with one attached hydrogen (secondary N) is 2. The molecule has 0 saturated heterocycles. The number of fused-ring (bicyclic) bond motifs is 2. The largest absolute Gasteiger partial charge is 0.416 e. The van der Waals surface area contributed by atoms with Crippen LogP contribution in [-0.2, 0) is 17.1 Å². The number of rotatable bonds is 6. The van der Waals surface area contributed by atoms with Crippen molar-refractivity contribution >= 4 is 45.9 Å². The van der Waals surface area contributed by atoms with Crippen LogP contribution in [0.1, 0.15) is 11.1 Å². The van der Waals surface area contributed by atoms with Crippen LogP contribution in [-0.4, -0.2) is 45.4 Å². The maximum atomic E-state index is 13.0. The summed E-state index contributed by atoms with van der Waals surface area (Å²) in [7, 11) is 3.37. The van der Waals surface area contributed by atoms with E-state index in [0.29, 0.717) is 39.3 Å². The molecule has 2 N–H and O–H groups in total. The zero-order valence-electron chi connectivity index (χ0n) is 32.4. The third-order valence-electron chi connectivity index (χ3n) is 9.15. The summed E-state index contributed by atoms with van der Waals surface area (Å²) in [6.07, 6.45) is -0.715. The van der Waals surface area contributed by atoms with Crippen LogP contribution < -0.4 is 15.5 Å². The number of benzene rings is 4. The lowest BCUT2D eigenvalue weighted by molar-refractivity contribution is -0.138. The summed E-state index contributed by atoms with van der Waals surface area (Å²) < 4.78 is 105. The molecule has 4 heterocycles. The second-order valence-corrected chi connectivity index (χ2v) is 13.2. The number of hydrogen-bond acceptors (Lipinski definition) is 6. The zero-order valence-corrected chi connectivity index (χ0v) is 32.4. The molecule has 0 atom stereocenters. The summed E-state index contributed by atoms with van der Waals surface area (Å²) in [5.41, 5.74) is 5.07. The molecule has 0 fully saturated rings. The molecule has 10 nitrogen and oxygen atoms in total. The van der Waals surface area contributed by atoms with Gasteiger partial charge in [0, 0.05) is 54.7 Å². The summed E-state index contributed by atoms with van der Waals surface area (Å²) in [4.78, 5) is 26.9. The molecule has 4 aromatic carbocycles. The van der Waals surface area contributed by atoms with E-state index in [0.717, 1.165) is 41.0 Å². The molecule has 0 bridgehead atoms. The van der Waals surface area contributed by atoms with E-state index < -0.39 is 35.3 Å². The van der Waals surface area contributed by atoms with Crippen molar-refractivity contribution in [1.29, 1.82) is 0 Å². The van der Waals surface area contributed by atoms with Gasteiger partial charge in [-0.15, -0.1) is 0 Å². The molecule has 8 aromatic rings. The lowest BCUT2D eigenvalue weighted by Crippen LogP contribution is -2.31. The van der Waals surface area contributed by atoms with E-state index >= 15 is 0 Å². The lowest BCUT2D eigenvalue weighted by Gasteiger charge is -2.18. The van der Waals surface area contributed by atoms with E-state index in [2.05, 4.69) is 25.8 Å². The van der Waals surface area contributed by atoms with Crippen molar-refractivity contribution in [3.63, 3.8) is 0 Å². The number of urea groups is 1. The van der Waals surface area contributed by atoms with Crippen LogP contribution in [0.3, 0.4) is 0 Å². The number of aromatic nitrogens is 4. The molecule has 62 heavy (non-hydrogen) atoms. The van der Waals surface area contributed by atoms with Crippen LogP contribution in [0.5, 0.6) is 0 Å². The number of hydrogen-bond donors (Lipinski definition) is 2.